The van der Waals surface area contributed by atoms with E-state index in [1.165, 1.54) is 5.69 Å². The summed E-state index contributed by atoms with van der Waals surface area (Å²) < 4.78 is 6.14. The molecule has 0 spiro atoms. The first-order valence-corrected chi connectivity index (χ1v) is 11.6. The molecule has 0 aliphatic rings. The van der Waals surface area contributed by atoms with E-state index in [1.807, 2.05) is 37.3 Å². The van der Waals surface area contributed by atoms with E-state index in [4.69, 9.17) is 4.74 Å². The zero-order valence-corrected chi connectivity index (χ0v) is 20.7. The molecule has 4 aromatic rings. The van der Waals surface area contributed by atoms with E-state index in [2.05, 4.69) is 62.3 Å². The third kappa shape index (κ3) is 4.71. The van der Waals surface area contributed by atoms with Gasteiger partial charge < -0.3 is 15.0 Å². The molecule has 0 bridgehead atoms. The average molecular weight is 508 g/mol. The minimum Gasteiger partial charge on any atom is -0.496 e. The number of nitrogens with one attached hydrogen (secondary N) is 1. The van der Waals surface area contributed by atoms with Gasteiger partial charge in [-0.15, -0.1) is 10.2 Å². The van der Waals surface area contributed by atoms with Crippen molar-refractivity contribution in [2.24, 2.45) is 0 Å². The van der Waals surface area contributed by atoms with Crippen LogP contribution in [0.25, 0.3) is 16.7 Å². The predicted octanol–water partition coefficient (Wildman–Crippen LogP) is 5.60. The molecule has 8 heteroatoms. The van der Waals surface area contributed by atoms with Crippen LogP contribution in [-0.2, 0) is 0 Å². The Morgan fingerprint density at radius 3 is 2.33 bits per heavy atom. The Kier molecular flexibility index (Phi) is 6.65. The van der Waals surface area contributed by atoms with Gasteiger partial charge in [0.2, 0.25) is 0 Å². The Bertz CT molecular complexity index is 1300. The lowest BCUT2D eigenvalue weighted by Gasteiger charge is -2.20. The molecule has 4 rings (SSSR count). The van der Waals surface area contributed by atoms with Gasteiger partial charge in [-0.2, -0.15) is 4.80 Å². The molecule has 0 aliphatic heterocycles. The lowest BCUT2D eigenvalue weighted by molar-refractivity contribution is 0.102. The number of rotatable bonds is 7. The van der Waals surface area contributed by atoms with Gasteiger partial charge in [0.05, 0.1) is 18.4 Å². The summed E-state index contributed by atoms with van der Waals surface area (Å²) in [7, 11) is 1.55. The van der Waals surface area contributed by atoms with E-state index in [0.29, 0.717) is 22.5 Å². The third-order valence-corrected chi connectivity index (χ3v) is 6.08. The van der Waals surface area contributed by atoms with Crippen LogP contribution in [0.5, 0.6) is 5.75 Å². The highest BCUT2D eigenvalue weighted by molar-refractivity contribution is 9.10. The van der Waals surface area contributed by atoms with Gasteiger partial charge in [-0.25, -0.2) is 0 Å². The van der Waals surface area contributed by atoms with Crippen molar-refractivity contribution in [3.8, 4) is 11.4 Å². The molecule has 1 amide bonds. The SMILES string of the molecule is CCN(CC)c1ccc(-n2nc3cc(C)c(NC(=O)c4cc(Br)ccc4OC)cc3n2)cc1. The van der Waals surface area contributed by atoms with Gasteiger partial charge in [-0.05, 0) is 80.9 Å². The quantitative estimate of drug-likeness (QED) is 0.352. The topological polar surface area (TPSA) is 72.3 Å². The van der Waals surface area contributed by atoms with Gasteiger partial charge >= 0.3 is 0 Å². The second-order valence-electron chi connectivity index (χ2n) is 7.63. The van der Waals surface area contributed by atoms with Crippen LogP contribution < -0.4 is 15.0 Å². The Labute approximate surface area is 201 Å². The third-order valence-electron chi connectivity index (χ3n) is 5.59. The van der Waals surface area contributed by atoms with Crippen molar-refractivity contribution in [2.75, 3.05) is 30.4 Å². The number of hydrogen-bond donors (Lipinski definition) is 1. The number of carbonyl (C=O) groups is 1. The largest absolute Gasteiger partial charge is 0.496 e. The summed E-state index contributed by atoms with van der Waals surface area (Å²) >= 11 is 3.41. The van der Waals surface area contributed by atoms with E-state index >= 15 is 0 Å². The van der Waals surface area contributed by atoms with Gasteiger partial charge in [0, 0.05) is 28.9 Å². The van der Waals surface area contributed by atoms with E-state index in [0.717, 1.165) is 34.3 Å². The zero-order valence-electron chi connectivity index (χ0n) is 19.1. The molecule has 0 aliphatic carbocycles. The minimum atomic E-state index is -0.255. The van der Waals surface area contributed by atoms with Crippen molar-refractivity contribution in [1.82, 2.24) is 15.0 Å². The van der Waals surface area contributed by atoms with Gasteiger partial charge in [-0.1, -0.05) is 15.9 Å². The number of carbonyl (C=O) groups excluding carboxylic acids is 1. The number of aromatic nitrogens is 3. The number of halogens is 1. The Morgan fingerprint density at radius 1 is 1.03 bits per heavy atom. The van der Waals surface area contributed by atoms with Crippen molar-refractivity contribution in [3.63, 3.8) is 0 Å². The monoisotopic (exact) mass is 507 g/mol. The normalized spacial score (nSPS) is 10.9. The first-order chi connectivity index (χ1) is 15.9. The fourth-order valence-electron chi connectivity index (χ4n) is 3.75. The highest BCUT2D eigenvalue weighted by atomic mass is 79.9. The number of methoxy groups -OCH3 is 1. The summed E-state index contributed by atoms with van der Waals surface area (Å²) in [5, 5.41) is 12.2. The Hall–Kier alpha value is -3.39. The van der Waals surface area contributed by atoms with Crippen LogP contribution in [0.3, 0.4) is 0 Å². The maximum atomic E-state index is 12.9. The Balaban J connectivity index is 1.62. The molecule has 1 heterocycles. The number of amides is 1. The molecular weight excluding hydrogens is 482 g/mol. The molecule has 1 aromatic heterocycles. The van der Waals surface area contributed by atoms with Crippen molar-refractivity contribution in [3.05, 3.63) is 70.2 Å². The molecule has 33 heavy (non-hydrogen) atoms. The second kappa shape index (κ2) is 9.62. The predicted molar refractivity (Wildman–Crippen MR) is 136 cm³/mol. The molecule has 0 saturated carbocycles. The summed E-state index contributed by atoms with van der Waals surface area (Å²) in [5.41, 5.74) is 5.53. The van der Waals surface area contributed by atoms with Crippen LogP contribution in [0.4, 0.5) is 11.4 Å². The molecule has 0 saturated heterocycles. The molecule has 1 N–H and O–H groups in total. The maximum Gasteiger partial charge on any atom is 0.259 e. The number of nitrogens with zero attached hydrogens (tertiary/aromatic N) is 4. The first-order valence-electron chi connectivity index (χ1n) is 10.8. The first kappa shape index (κ1) is 22.8. The van der Waals surface area contributed by atoms with Crippen LogP contribution in [0.2, 0.25) is 0 Å². The van der Waals surface area contributed by atoms with Gasteiger partial charge in [0.1, 0.15) is 16.8 Å². The molecule has 0 radical (unpaired) electrons. The van der Waals surface area contributed by atoms with E-state index < -0.39 is 0 Å². The highest BCUT2D eigenvalue weighted by Gasteiger charge is 2.16. The number of aryl methyl sites for hydroxylation is 1. The van der Waals surface area contributed by atoms with E-state index in [1.54, 1.807) is 24.0 Å². The molecule has 0 fully saturated rings. The van der Waals surface area contributed by atoms with Crippen LogP contribution in [0.15, 0.2) is 59.1 Å². The van der Waals surface area contributed by atoms with Gasteiger partial charge in [0.15, 0.2) is 0 Å². The number of ether oxygens (including phenoxy) is 1. The van der Waals surface area contributed by atoms with Crippen LogP contribution in [0, 0.1) is 6.92 Å². The summed E-state index contributed by atoms with van der Waals surface area (Å²) in [6.45, 7) is 8.14. The summed E-state index contributed by atoms with van der Waals surface area (Å²) in [4.78, 5) is 16.9. The number of benzene rings is 3. The molecule has 0 atom stereocenters. The van der Waals surface area contributed by atoms with E-state index in [-0.39, 0.29) is 5.91 Å². The van der Waals surface area contributed by atoms with Gasteiger partial charge in [0.25, 0.3) is 5.91 Å². The van der Waals surface area contributed by atoms with Crippen LogP contribution >= 0.6 is 15.9 Å². The number of fused-ring (bicyclic) bond motifs is 1. The van der Waals surface area contributed by atoms with Crippen LogP contribution in [-0.4, -0.2) is 41.1 Å². The van der Waals surface area contributed by atoms with Crippen molar-refractivity contribution in [1.29, 1.82) is 0 Å². The maximum absolute atomic E-state index is 12.9. The second-order valence-corrected chi connectivity index (χ2v) is 8.55. The summed E-state index contributed by atoms with van der Waals surface area (Å²) in [6, 6.07) is 17.3. The van der Waals surface area contributed by atoms with Crippen molar-refractivity contribution < 1.29 is 9.53 Å². The highest BCUT2D eigenvalue weighted by Crippen LogP contribution is 2.27. The lowest BCUT2D eigenvalue weighted by atomic mass is 10.1. The van der Waals surface area contributed by atoms with E-state index in [9.17, 15) is 4.79 Å². The van der Waals surface area contributed by atoms with Crippen LogP contribution in [0.1, 0.15) is 29.8 Å². The molecular formula is C25H26BrN5O2. The average Bonchev–Trinajstić information content (AvgIpc) is 3.23. The Morgan fingerprint density at radius 2 is 1.70 bits per heavy atom. The molecule has 0 unspecified atom stereocenters. The lowest BCUT2D eigenvalue weighted by Crippen LogP contribution is -2.21. The molecule has 3 aromatic carbocycles. The van der Waals surface area contributed by atoms with Crippen molar-refractivity contribution in [2.45, 2.75) is 20.8 Å². The smallest absolute Gasteiger partial charge is 0.259 e. The summed E-state index contributed by atoms with van der Waals surface area (Å²) in [6.07, 6.45) is 0. The summed E-state index contributed by atoms with van der Waals surface area (Å²) in [5.74, 6) is 0.253. The van der Waals surface area contributed by atoms with Crippen molar-refractivity contribution >= 4 is 44.2 Å². The fourth-order valence-corrected chi connectivity index (χ4v) is 4.11. The zero-order chi connectivity index (χ0) is 23.5. The van der Waals surface area contributed by atoms with Gasteiger partial charge in [-0.3, -0.25) is 4.79 Å². The molecule has 170 valence electrons. The number of anilines is 2. The minimum absolute atomic E-state index is 0.255. The number of hydrogen-bond acceptors (Lipinski definition) is 5. The standard InChI is InChI=1S/C25H26BrN5O2/c1-5-30(6-2)18-8-10-19(11-9-18)31-28-22-13-16(3)21(15-23(22)29-31)27-25(32)20-14-17(26)7-12-24(20)33-4/h7-15H,5-6H2,1-4H3,(H,27,32). The fraction of sp³-hybridized carbons (Fsp3) is 0.240. The molecule has 7 nitrogen and oxygen atoms in total.